The Morgan fingerprint density at radius 2 is 2.17 bits per heavy atom. The van der Waals surface area contributed by atoms with Gasteiger partial charge in [0.05, 0.1) is 25.8 Å². The Bertz CT molecular complexity index is 1040. The molecule has 0 spiro atoms. The van der Waals surface area contributed by atoms with Crippen molar-refractivity contribution in [1.29, 1.82) is 0 Å². The second-order valence-electron chi connectivity index (χ2n) is 7.30. The predicted octanol–water partition coefficient (Wildman–Crippen LogP) is 3.15. The van der Waals surface area contributed by atoms with Gasteiger partial charge in [0.2, 0.25) is 11.8 Å². The van der Waals surface area contributed by atoms with Crippen molar-refractivity contribution in [3.8, 4) is 11.6 Å². The molecule has 0 fully saturated rings. The van der Waals surface area contributed by atoms with Crippen LogP contribution in [0.3, 0.4) is 0 Å². The van der Waals surface area contributed by atoms with Gasteiger partial charge >= 0.3 is 0 Å². The molecule has 3 heterocycles. The van der Waals surface area contributed by atoms with Crippen LogP contribution < -0.4 is 0 Å². The Labute approximate surface area is 174 Å². The number of amides is 1. The van der Waals surface area contributed by atoms with Gasteiger partial charge in [-0.05, 0) is 25.5 Å². The van der Waals surface area contributed by atoms with Crippen molar-refractivity contribution in [2.24, 2.45) is 0 Å². The van der Waals surface area contributed by atoms with Crippen LogP contribution in [0.15, 0.2) is 34.9 Å². The zero-order valence-corrected chi connectivity index (χ0v) is 17.2. The molecule has 3 aromatic rings. The van der Waals surface area contributed by atoms with E-state index in [4.69, 9.17) is 14.3 Å². The molecule has 158 valence electrons. The Kier molecular flexibility index (Phi) is 5.94. The zero-order valence-electron chi connectivity index (χ0n) is 17.2. The van der Waals surface area contributed by atoms with Crippen LogP contribution in [0.25, 0.3) is 11.6 Å². The number of hydrogen-bond acceptors (Lipinski definition) is 5. The smallest absolute Gasteiger partial charge is 0.247 e. The van der Waals surface area contributed by atoms with E-state index in [0.717, 1.165) is 11.3 Å². The molecule has 4 rings (SSSR count). The minimum atomic E-state index is -0.358. The third kappa shape index (κ3) is 4.14. The number of oxazole rings is 1. The number of carbonyl (C=O) groups is 1. The second-order valence-corrected chi connectivity index (χ2v) is 7.30. The molecular formula is C22H25FN4O3. The minimum absolute atomic E-state index is 0.0356. The highest BCUT2D eigenvalue weighted by Crippen LogP contribution is 2.30. The van der Waals surface area contributed by atoms with Gasteiger partial charge in [-0.15, -0.1) is 0 Å². The minimum Gasteiger partial charge on any atom is -0.440 e. The Morgan fingerprint density at radius 1 is 1.33 bits per heavy atom. The molecule has 2 aromatic heterocycles. The maximum Gasteiger partial charge on any atom is 0.247 e. The molecule has 1 aromatic carbocycles. The molecule has 0 aliphatic carbocycles. The van der Waals surface area contributed by atoms with E-state index in [1.165, 1.54) is 6.07 Å². The van der Waals surface area contributed by atoms with Gasteiger partial charge in [0.25, 0.3) is 0 Å². The van der Waals surface area contributed by atoms with E-state index in [0.29, 0.717) is 62.2 Å². The van der Waals surface area contributed by atoms with Crippen molar-refractivity contribution in [3.63, 3.8) is 0 Å². The fourth-order valence-corrected chi connectivity index (χ4v) is 3.74. The summed E-state index contributed by atoms with van der Waals surface area (Å²) < 4.78 is 27.1. The van der Waals surface area contributed by atoms with E-state index in [1.54, 1.807) is 29.3 Å². The molecule has 0 saturated carbocycles. The van der Waals surface area contributed by atoms with Gasteiger partial charge in [-0.3, -0.25) is 9.48 Å². The highest BCUT2D eigenvalue weighted by atomic mass is 19.1. The first-order valence-corrected chi connectivity index (χ1v) is 10.2. The Balaban J connectivity index is 1.59. The molecule has 1 aliphatic rings. The number of nitrogens with zero attached hydrogens (tertiary/aromatic N) is 4. The summed E-state index contributed by atoms with van der Waals surface area (Å²) in [5, 5.41) is 4.72. The summed E-state index contributed by atoms with van der Waals surface area (Å²) in [6.45, 7) is 6.58. The lowest BCUT2D eigenvalue weighted by atomic mass is 10.0. The van der Waals surface area contributed by atoms with Crippen molar-refractivity contribution >= 4 is 5.91 Å². The summed E-state index contributed by atoms with van der Waals surface area (Å²) in [4.78, 5) is 19.0. The van der Waals surface area contributed by atoms with Crippen LogP contribution in [0.5, 0.6) is 0 Å². The fraction of sp³-hybridized carbons (Fsp3) is 0.409. The van der Waals surface area contributed by atoms with E-state index in [9.17, 15) is 9.18 Å². The van der Waals surface area contributed by atoms with Gasteiger partial charge in [-0.2, -0.15) is 5.10 Å². The molecule has 0 bridgehead atoms. The van der Waals surface area contributed by atoms with Crippen LogP contribution in [0.2, 0.25) is 0 Å². The van der Waals surface area contributed by atoms with Crippen LogP contribution in [-0.2, 0) is 35.5 Å². The first-order chi connectivity index (χ1) is 14.6. The van der Waals surface area contributed by atoms with Crippen LogP contribution in [0.1, 0.15) is 29.5 Å². The number of hydrogen-bond donors (Lipinski definition) is 0. The number of ether oxygens (including phenoxy) is 1. The molecule has 0 unspecified atom stereocenters. The maximum atomic E-state index is 14.0. The SMILES string of the molecule is CCOCCn1nc(-c2ncc(C)o2)c2c1CCN(C(=O)Cc1ccccc1F)C2. The monoisotopic (exact) mass is 412 g/mol. The first kappa shape index (κ1) is 20.3. The third-order valence-electron chi connectivity index (χ3n) is 5.26. The summed E-state index contributed by atoms with van der Waals surface area (Å²) in [6.07, 6.45) is 2.36. The maximum absolute atomic E-state index is 14.0. The van der Waals surface area contributed by atoms with Crippen molar-refractivity contribution in [1.82, 2.24) is 19.7 Å². The van der Waals surface area contributed by atoms with Crippen molar-refractivity contribution in [2.75, 3.05) is 19.8 Å². The third-order valence-corrected chi connectivity index (χ3v) is 5.26. The van der Waals surface area contributed by atoms with Gasteiger partial charge < -0.3 is 14.1 Å². The molecule has 0 saturated heterocycles. The summed E-state index contributed by atoms with van der Waals surface area (Å²) in [6, 6.07) is 6.39. The average Bonchev–Trinajstić information content (AvgIpc) is 3.33. The van der Waals surface area contributed by atoms with Gasteiger partial charge in [0, 0.05) is 37.4 Å². The average molecular weight is 412 g/mol. The normalized spacial score (nSPS) is 13.5. The molecule has 1 aliphatic heterocycles. The van der Waals surface area contributed by atoms with Gasteiger partial charge in [0.15, 0.2) is 5.69 Å². The lowest BCUT2D eigenvalue weighted by Crippen LogP contribution is -2.37. The van der Waals surface area contributed by atoms with Gasteiger partial charge in [-0.1, -0.05) is 18.2 Å². The van der Waals surface area contributed by atoms with Crippen molar-refractivity contribution in [2.45, 2.75) is 39.8 Å². The van der Waals surface area contributed by atoms with Gasteiger partial charge in [-0.25, -0.2) is 9.37 Å². The molecular weight excluding hydrogens is 387 g/mol. The van der Waals surface area contributed by atoms with E-state index < -0.39 is 0 Å². The standard InChI is InChI=1S/C22H25FN4O3/c1-3-29-11-10-27-19-8-9-26(20(28)12-16-6-4-5-7-18(16)23)14-17(19)21(25-27)22-24-13-15(2)30-22/h4-7,13H,3,8-12,14H2,1-2H3. The summed E-state index contributed by atoms with van der Waals surface area (Å²) in [7, 11) is 0. The second kappa shape index (κ2) is 8.79. The predicted molar refractivity (Wildman–Crippen MR) is 108 cm³/mol. The molecule has 1 amide bonds. The van der Waals surface area contributed by atoms with Crippen LogP contribution in [0, 0.1) is 12.7 Å². The highest BCUT2D eigenvalue weighted by molar-refractivity contribution is 5.79. The highest BCUT2D eigenvalue weighted by Gasteiger charge is 2.29. The molecule has 7 nitrogen and oxygen atoms in total. The number of fused-ring (bicyclic) bond motifs is 1. The van der Waals surface area contributed by atoms with Crippen LogP contribution in [-0.4, -0.2) is 45.3 Å². The van der Waals surface area contributed by atoms with Crippen molar-refractivity contribution in [3.05, 3.63) is 58.9 Å². The topological polar surface area (TPSA) is 73.4 Å². The lowest BCUT2D eigenvalue weighted by molar-refractivity contribution is -0.131. The quantitative estimate of drug-likeness (QED) is 0.558. The lowest BCUT2D eigenvalue weighted by Gasteiger charge is -2.28. The van der Waals surface area contributed by atoms with E-state index in [2.05, 4.69) is 4.98 Å². The van der Waals surface area contributed by atoms with E-state index >= 15 is 0 Å². The molecule has 0 atom stereocenters. The number of benzene rings is 1. The Hall–Kier alpha value is -3.00. The van der Waals surface area contributed by atoms with E-state index in [-0.39, 0.29) is 18.1 Å². The number of carbonyl (C=O) groups excluding carboxylic acids is 1. The number of halogens is 1. The number of rotatable bonds is 7. The summed E-state index contributed by atoms with van der Waals surface area (Å²) >= 11 is 0. The molecule has 0 radical (unpaired) electrons. The largest absolute Gasteiger partial charge is 0.440 e. The first-order valence-electron chi connectivity index (χ1n) is 10.2. The number of aromatic nitrogens is 3. The number of aryl methyl sites for hydroxylation is 1. The van der Waals surface area contributed by atoms with Crippen LogP contribution >= 0.6 is 0 Å². The molecule has 0 N–H and O–H groups in total. The van der Waals surface area contributed by atoms with E-state index in [1.807, 2.05) is 18.5 Å². The summed E-state index contributed by atoms with van der Waals surface area (Å²) in [5.41, 5.74) is 3.05. The van der Waals surface area contributed by atoms with Crippen LogP contribution in [0.4, 0.5) is 4.39 Å². The Morgan fingerprint density at radius 3 is 2.90 bits per heavy atom. The van der Waals surface area contributed by atoms with Crippen molar-refractivity contribution < 1.29 is 18.3 Å². The zero-order chi connectivity index (χ0) is 21.1. The fourth-order valence-electron chi connectivity index (χ4n) is 3.74. The summed E-state index contributed by atoms with van der Waals surface area (Å²) in [5.74, 6) is 0.679. The van der Waals surface area contributed by atoms with Gasteiger partial charge in [0.1, 0.15) is 11.6 Å². The molecule has 8 heteroatoms. The molecule has 30 heavy (non-hydrogen) atoms.